The van der Waals surface area contributed by atoms with Crippen LogP contribution in [-0.4, -0.2) is 25.1 Å². The molecular weight excluding hydrogens is 240 g/mol. The van der Waals surface area contributed by atoms with Crippen molar-refractivity contribution in [1.82, 2.24) is 5.32 Å². The maximum absolute atomic E-state index is 11.1. The Morgan fingerprint density at radius 3 is 2.82 bits per heavy atom. The zero-order valence-electron chi connectivity index (χ0n) is 10.1. The summed E-state index contributed by atoms with van der Waals surface area (Å²) in [4.78, 5) is 11.1. The minimum Gasteiger partial charge on any atom is -0.492 e. The molecule has 1 aromatic carbocycles. The normalized spacial score (nSPS) is 11.2. The predicted octanol–water partition coefficient (Wildman–Crippen LogP) is 1.26. The molecule has 4 nitrogen and oxygen atoms in total. The molecule has 0 fully saturated rings. The third-order valence-corrected chi connectivity index (χ3v) is 2.07. The number of benzene rings is 1. The number of hydrogen-bond acceptors (Lipinski definition) is 3. The first-order chi connectivity index (χ1) is 7.59. The number of rotatable bonds is 5. The van der Waals surface area contributed by atoms with E-state index in [1.807, 2.05) is 31.2 Å². The Morgan fingerprint density at radius 1 is 1.53 bits per heavy atom. The van der Waals surface area contributed by atoms with E-state index in [1.54, 1.807) is 6.92 Å². The van der Waals surface area contributed by atoms with Gasteiger partial charge in [0.25, 0.3) is 0 Å². The molecule has 1 amide bonds. The number of halogens is 1. The highest BCUT2D eigenvalue weighted by Gasteiger charge is 2.05. The quantitative estimate of drug-likeness (QED) is 0.782. The highest BCUT2D eigenvalue weighted by molar-refractivity contribution is 5.85. The molecule has 1 aromatic rings. The van der Waals surface area contributed by atoms with Crippen molar-refractivity contribution in [3.05, 3.63) is 29.8 Å². The monoisotopic (exact) mass is 258 g/mol. The van der Waals surface area contributed by atoms with Gasteiger partial charge in [0.1, 0.15) is 12.4 Å². The van der Waals surface area contributed by atoms with Crippen LogP contribution in [0, 0.1) is 6.92 Å². The fourth-order valence-electron chi connectivity index (χ4n) is 1.21. The second-order valence-electron chi connectivity index (χ2n) is 3.74. The largest absolute Gasteiger partial charge is 0.492 e. The van der Waals surface area contributed by atoms with Crippen LogP contribution in [0.1, 0.15) is 12.5 Å². The number of hydrogen-bond donors (Lipinski definition) is 2. The fraction of sp³-hybridized carbons (Fsp3) is 0.417. The van der Waals surface area contributed by atoms with Gasteiger partial charge in [-0.1, -0.05) is 12.1 Å². The van der Waals surface area contributed by atoms with Gasteiger partial charge in [-0.25, -0.2) is 0 Å². The van der Waals surface area contributed by atoms with Crippen molar-refractivity contribution < 1.29 is 9.53 Å². The number of nitrogens with two attached hydrogens (primary N) is 1. The zero-order valence-corrected chi connectivity index (χ0v) is 10.9. The number of carbonyl (C=O) groups excluding carboxylic acids is 1. The van der Waals surface area contributed by atoms with Gasteiger partial charge in [0.15, 0.2) is 0 Å². The van der Waals surface area contributed by atoms with Crippen molar-refractivity contribution >= 4 is 18.3 Å². The third kappa shape index (κ3) is 6.14. The molecule has 0 saturated heterocycles. The zero-order chi connectivity index (χ0) is 12.0. The van der Waals surface area contributed by atoms with Crippen molar-refractivity contribution in [3.8, 4) is 5.75 Å². The second-order valence-corrected chi connectivity index (χ2v) is 3.74. The Morgan fingerprint density at radius 2 is 2.24 bits per heavy atom. The number of ether oxygens (including phenoxy) is 1. The van der Waals surface area contributed by atoms with Crippen LogP contribution in [0.25, 0.3) is 0 Å². The summed E-state index contributed by atoms with van der Waals surface area (Å²) in [5.74, 6) is 0.655. The topological polar surface area (TPSA) is 64.3 Å². The summed E-state index contributed by atoms with van der Waals surface area (Å²) < 4.78 is 5.46. The molecule has 17 heavy (non-hydrogen) atoms. The van der Waals surface area contributed by atoms with Crippen molar-refractivity contribution in [3.63, 3.8) is 0 Å². The molecule has 0 aliphatic carbocycles. The fourth-order valence-corrected chi connectivity index (χ4v) is 1.21. The minimum absolute atomic E-state index is 0. The lowest BCUT2D eigenvalue weighted by Crippen LogP contribution is -2.40. The van der Waals surface area contributed by atoms with Crippen molar-refractivity contribution in [2.45, 2.75) is 19.9 Å². The van der Waals surface area contributed by atoms with E-state index in [4.69, 9.17) is 10.5 Å². The van der Waals surface area contributed by atoms with E-state index in [0.717, 1.165) is 11.3 Å². The van der Waals surface area contributed by atoms with Crippen LogP contribution < -0.4 is 15.8 Å². The van der Waals surface area contributed by atoms with Crippen LogP contribution in [0.3, 0.4) is 0 Å². The molecule has 0 saturated carbocycles. The summed E-state index contributed by atoms with van der Waals surface area (Å²) in [6.07, 6.45) is 0. The van der Waals surface area contributed by atoms with E-state index in [-0.39, 0.29) is 18.3 Å². The van der Waals surface area contributed by atoms with Gasteiger partial charge >= 0.3 is 0 Å². The Hall–Kier alpha value is -1.26. The predicted molar refractivity (Wildman–Crippen MR) is 70.6 cm³/mol. The molecule has 1 atom stereocenters. The Balaban J connectivity index is 0.00000256. The molecule has 1 rings (SSSR count). The van der Waals surface area contributed by atoms with Crippen molar-refractivity contribution in [1.29, 1.82) is 0 Å². The Bertz CT molecular complexity index is 356. The highest BCUT2D eigenvalue weighted by atomic mass is 35.5. The van der Waals surface area contributed by atoms with Crippen LogP contribution in [0.4, 0.5) is 0 Å². The van der Waals surface area contributed by atoms with Gasteiger partial charge in [-0.3, -0.25) is 4.79 Å². The van der Waals surface area contributed by atoms with E-state index in [1.165, 1.54) is 0 Å². The van der Waals surface area contributed by atoms with Crippen molar-refractivity contribution in [2.75, 3.05) is 13.2 Å². The van der Waals surface area contributed by atoms with Gasteiger partial charge in [0.05, 0.1) is 12.6 Å². The molecule has 0 bridgehead atoms. The molecule has 3 N–H and O–H groups in total. The summed E-state index contributed by atoms with van der Waals surface area (Å²) in [6, 6.07) is 7.31. The lowest BCUT2D eigenvalue weighted by atomic mass is 10.2. The summed E-state index contributed by atoms with van der Waals surface area (Å²) in [5.41, 5.74) is 6.55. The molecule has 1 unspecified atom stereocenters. The first kappa shape index (κ1) is 15.7. The smallest absolute Gasteiger partial charge is 0.236 e. The van der Waals surface area contributed by atoms with Crippen LogP contribution in [0.5, 0.6) is 5.75 Å². The van der Waals surface area contributed by atoms with Gasteiger partial charge in [0, 0.05) is 0 Å². The van der Waals surface area contributed by atoms with E-state index in [0.29, 0.717) is 13.2 Å². The molecule has 0 aromatic heterocycles. The molecule has 96 valence electrons. The standard InChI is InChI=1S/C12H18N2O2.ClH/c1-9-4-3-5-11(8-9)16-7-6-14-12(15)10(2)13;/h3-5,8,10H,6-7,13H2,1-2H3,(H,14,15);1H. The second kappa shape index (κ2) is 7.92. The average molecular weight is 259 g/mol. The Labute approximate surface area is 108 Å². The van der Waals surface area contributed by atoms with Gasteiger partial charge in [-0.2, -0.15) is 0 Å². The first-order valence-electron chi connectivity index (χ1n) is 5.32. The molecule has 0 heterocycles. The summed E-state index contributed by atoms with van der Waals surface area (Å²) >= 11 is 0. The number of nitrogens with one attached hydrogen (secondary N) is 1. The molecular formula is C12H19ClN2O2. The SMILES string of the molecule is Cc1cccc(OCCNC(=O)C(C)N)c1.Cl. The third-order valence-electron chi connectivity index (χ3n) is 2.07. The molecule has 0 aliphatic heterocycles. The van der Waals surface area contributed by atoms with E-state index >= 15 is 0 Å². The lowest BCUT2D eigenvalue weighted by molar-refractivity contribution is -0.122. The summed E-state index contributed by atoms with van der Waals surface area (Å²) in [7, 11) is 0. The van der Waals surface area contributed by atoms with Crippen LogP contribution >= 0.6 is 12.4 Å². The summed E-state index contributed by atoms with van der Waals surface area (Å²) in [5, 5.41) is 2.68. The Kier molecular flexibility index (Phi) is 7.34. The van der Waals surface area contributed by atoms with Gasteiger partial charge < -0.3 is 15.8 Å². The molecule has 0 radical (unpaired) electrons. The summed E-state index contributed by atoms with van der Waals surface area (Å²) in [6.45, 7) is 4.57. The van der Waals surface area contributed by atoms with E-state index in [2.05, 4.69) is 5.32 Å². The van der Waals surface area contributed by atoms with E-state index in [9.17, 15) is 4.79 Å². The van der Waals surface area contributed by atoms with Crippen LogP contribution in [0.2, 0.25) is 0 Å². The van der Waals surface area contributed by atoms with Crippen LogP contribution in [-0.2, 0) is 4.79 Å². The average Bonchev–Trinajstić information content (AvgIpc) is 2.24. The lowest BCUT2D eigenvalue weighted by Gasteiger charge is -2.09. The number of carbonyl (C=O) groups is 1. The maximum atomic E-state index is 11.1. The van der Waals surface area contributed by atoms with E-state index < -0.39 is 6.04 Å². The first-order valence-corrected chi connectivity index (χ1v) is 5.32. The van der Waals surface area contributed by atoms with Crippen LogP contribution in [0.15, 0.2) is 24.3 Å². The maximum Gasteiger partial charge on any atom is 0.236 e. The number of amides is 1. The van der Waals surface area contributed by atoms with Gasteiger partial charge in [-0.05, 0) is 31.5 Å². The molecule has 5 heteroatoms. The number of aryl methyl sites for hydroxylation is 1. The molecule has 0 spiro atoms. The molecule has 0 aliphatic rings. The van der Waals surface area contributed by atoms with Gasteiger partial charge in [-0.15, -0.1) is 12.4 Å². The minimum atomic E-state index is -0.473. The highest BCUT2D eigenvalue weighted by Crippen LogP contribution is 2.11. The van der Waals surface area contributed by atoms with Gasteiger partial charge in [0.2, 0.25) is 5.91 Å². The van der Waals surface area contributed by atoms with Crippen molar-refractivity contribution in [2.24, 2.45) is 5.73 Å².